The fourth-order valence-electron chi connectivity index (χ4n) is 4.96. The maximum atomic E-state index is 10.4. The smallest absolute Gasteiger partial charge is 0.0583 e. The van der Waals surface area contributed by atoms with Crippen molar-refractivity contribution < 1.29 is 5.11 Å². The van der Waals surface area contributed by atoms with E-state index in [4.69, 9.17) is 0 Å². The van der Waals surface area contributed by atoms with Crippen LogP contribution in [0, 0.1) is 5.92 Å². The van der Waals surface area contributed by atoms with Crippen LogP contribution in [0.3, 0.4) is 0 Å². The number of rotatable bonds is 3. The Labute approximate surface area is 128 Å². The molecule has 4 rings (SSSR count). The summed E-state index contributed by atoms with van der Waals surface area (Å²) in [6.45, 7) is 2.46. The molecule has 1 aromatic rings. The van der Waals surface area contributed by atoms with Crippen molar-refractivity contribution in [2.75, 3.05) is 13.1 Å². The molecule has 114 valence electrons. The Morgan fingerprint density at radius 2 is 1.90 bits per heavy atom. The molecule has 0 radical (unpaired) electrons. The molecule has 1 N–H and O–H groups in total. The third-order valence-electron chi connectivity index (χ3n) is 6.11. The Morgan fingerprint density at radius 3 is 2.76 bits per heavy atom. The van der Waals surface area contributed by atoms with Crippen LogP contribution in [0.1, 0.15) is 55.6 Å². The number of aliphatic hydroxyl groups is 1. The Hall–Kier alpha value is -0.860. The molecule has 1 aromatic carbocycles. The van der Waals surface area contributed by atoms with Crippen molar-refractivity contribution in [3.63, 3.8) is 0 Å². The second-order valence-electron chi connectivity index (χ2n) is 7.32. The van der Waals surface area contributed by atoms with Crippen molar-refractivity contribution >= 4 is 0 Å². The van der Waals surface area contributed by atoms with Crippen molar-refractivity contribution in [3.8, 4) is 0 Å². The van der Waals surface area contributed by atoms with Crippen LogP contribution in [0.4, 0.5) is 0 Å². The van der Waals surface area contributed by atoms with Gasteiger partial charge in [0.1, 0.15) is 0 Å². The van der Waals surface area contributed by atoms with Gasteiger partial charge in [0, 0.05) is 24.4 Å². The van der Waals surface area contributed by atoms with Crippen LogP contribution in [0.2, 0.25) is 0 Å². The minimum atomic E-state index is -0.0435. The maximum Gasteiger partial charge on any atom is 0.0583 e. The van der Waals surface area contributed by atoms with E-state index in [1.165, 1.54) is 51.6 Å². The lowest BCUT2D eigenvalue weighted by molar-refractivity contribution is 0.0202. The highest BCUT2D eigenvalue weighted by Gasteiger charge is 2.38. The summed E-state index contributed by atoms with van der Waals surface area (Å²) in [5, 5.41) is 10.4. The van der Waals surface area contributed by atoms with Crippen LogP contribution in [0.25, 0.3) is 0 Å². The zero-order valence-corrected chi connectivity index (χ0v) is 12.9. The SMILES string of the molecule is OC1CCCCC1C1CCCN1CC1Cc2ccccc21. The summed E-state index contributed by atoms with van der Waals surface area (Å²) >= 11 is 0. The van der Waals surface area contributed by atoms with Crippen molar-refractivity contribution in [1.82, 2.24) is 4.90 Å². The predicted octanol–water partition coefficient (Wildman–Crippen LogP) is 3.34. The number of aliphatic hydroxyl groups excluding tert-OH is 1. The van der Waals surface area contributed by atoms with Gasteiger partial charge in [0.2, 0.25) is 0 Å². The standard InChI is InChI=1S/C19H27NO/c21-19-10-4-3-8-17(19)18-9-5-11-20(18)13-15-12-14-6-1-2-7-16(14)15/h1-2,6-7,15,17-19,21H,3-5,8-13H2. The van der Waals surface area contributed by atoms with Gasteiger partial charge in [-0.25, -0.2) is 0 Å². The molecule has 1 heterocycles. The first kappa shape index (κ1) is 13.8. The second-order valence-corrected chi connectivity index (χ2v) is 7.32. The van der Waals surface area contributed by atoms with E-state index < -0.39 is 0 Å². The fraction of sp³-hybridized carbons (Fsp3) is 0.684. The van der Waals surface area contributed by atoms with Gasteiger partial charge >= 0.3 is 0 Å². The first-order valence-corrected chi connectivity index (χ1v) is 8.83. The highest BCUT2D eigenvalue weighted by Crippen LogP contribution is 2.39. The number of hydrogen-bond acceptors (Lipinski definition) is 2. The lowest BCUT2D eigenvalue weighted by Gasteiger charge is -2.40. The molecule has 0 bridgehead atoms. The van der Waals surface area contributed by atoms with Crippen LogP contribution in [-0.2, 0) is 6.42 Å². The molecule has 0 aromatic heterocycles. The summed E-state index contributed by atoms with van der Waals surface area (Å²) in [5.41, 5.74) is 3.13. The lowest BCUT2D eigenvalue weighted by Crippen LogP contribution is -2.45. The van der Waals surface area contributed by atoms with Crippen molar-refractivity contribution in [1.29, 1.82) is 0 Å². The van der Waals surface area contributed by atoms with Gasteiger partial charge < -0.3 is 5.11 Å². The van der Waals surface area contributed by atoms with Crippen LogP contribution in [0.15, 0.2) is 24.3 Å². The molecule has 2 aliphatic carbocycles. The summed E-state index contributed by atoms with van der Waals surface area (Å²) in [5.74, 6) is 1.28. The van der Waals surface area contributed by atoms with E-state index in [1.807, 2.05) is 0 Å². The number of nitrogens with zero attached hydrogens (tertiary/aromatic N) is 1. The maximum absolute atomic E-state index is 10.4. The molecular formula is C19H27NO. The van der Waals surface area contributed by atoms with Crippen molar-refractivity contribution in [2.45, 2.75) is 63.0 Å². The average molecular weight is 285 g/mol. The normalized spacial score (nSPS) is 36.2. The summed E-state index contributed by atoms with van der Waals surface area (Å²) in [6, 6.07) is 9.57. The molecule has 1 aliphatic heterocycles. The minimum absolute atomic E-state index is 0.0435. The first-order chi connectivity index (χ1) is 10.3. The number of fused-ring (bicyclic) bond motifs is 1. The molecule has 21 heavy (non-hydrogen) atoms. The minimum Gasteiger partial charge on any atom is -0.393 e. The van der Waals surface area contributed by atoms with E-state index in [0.29, 0.717) is 12.0 Å². The van der Waals surface area contributed by atoms with E-state index in [0.717, 1.165) is 12.3 Å². The van der Waals surface area contributed by atoms with E-state index >= 15 is 0 Å². The van der Waals surface area contributed by atoms with Crippen LogP contribution >= 0.6 is 0 Å². The molecule has 1 saturated carbocycles. The molecule has 1 saturated heterocycles. The fourth-order valence-corrected chi connectivity index (χ4v) is 4.96. The monoisotopic (exact) mass is 285 g/mol. The Balaban J connectivity index is 1.43. The highest BCUT2D eigenvalue weighted by molar-refractivity contribution is 5.40. The largest absolute Gasteiger partial charge is 0.393 e. The third-order valence-corrected chi connectivity index (χ3v) is 6.11. The van der Waals surface area contributed by atoms with Gasteiger partial charge in [-0.3, -0.25) is 4.90 Å². The number of benzene rings is 1. The van der Waals surface area contributed by atoms with E-state index in [-0.39, 0.29) is 6.10 Å². The first-order valence-electron chi connectivity index (χ1n) is 8.83. The molecule has 2 heteroatoms. The Kier molecular flexibility index (Phi) is 3.76. The van der Waals surface area contributed by atoms with Crippen LogP contribution < -0.4 is 0 Å². The average Bonchev–Trinajstić information content (AvgIpc) is 2.93. The molecule has 0 spiro atoms. The van der Waals surface area contributed by atoms with Gasteiger partial charge in [-0.15, -0.1) is 0 Å². The molecule has 4 atom stereocenters. The third kappa shape index (κ3) is 2.53. The molecule has 3 aliphatic rings. The Morgan fingerprint density at radius 1 is 1.05 bits per heavy atom. The second kappa shape index (κ2) is 5.73. The summed E-state index contributed by atoms with van der Waals surface area (Å²) in [4.78, 5) is 2.71. The van der Waals surface area contributed by atoms with Gasteiger partial charge in [-0.2, -0.15) is 0 Å². The summed E-state index contributed by atoms with van der Waals surface area (Å²) in [7, 11) is 0. The van der Waals surface area contributed by atoms with Gasteiger partial charge in [0.25, 0.3) is 0 Å². The Bertz CT molecular complexity index is 500. The molecular weight excluding hydrogens is 258 g/mol. The molecule has 2 fully saturated rings. The summed E-state index contributed by atoms with van der Waals surface area (Å²) in [6.07, 6.45) is 8.65. The van der Waals surface area contributed by atoms with Gasteiger partial charge in [0.05, 0.1) is 6.10 Å². The van der Waals surface area contributed by atoms with E-state index in [9.17, 15) is 5.11 Å². The molecule has 4 unspecified atom stereocenters. The van der Waals surface area contributed by atoms with Crippen molar-refractivity contribution in [3.05, 3.63) is 35.4 Å². The predicted molar refractivity (Wildman–Crippen MR) is 85.4 cm³/mol. The van der Waals surface area contributed by atoms with Crippen molar-refractivity contribution in [2.24, 2.45) is 5.92 Å². The van der Waals surface area contributed by atoms with Crippen LogP contribution in [-0.4, -0.2) is 35.2 Å². The van der Waals surface area contributed by atoms with Gasteiger partial charge in [-0.1, -0.05) is 37.1 Å². The van der Waals surface area contributed by atoms with E-state index in [1.54, 1.807) is 11.1 Å². The topological polar surface area (TPSA) is 23.5 Å². The zero-order chi connectivity index (χ0) is 14.2. The summed E-state index contributed by atoms with van der Waals surface area (Å²) < 4.78 is 0. The lowest BCUT2D eigenvalue weighted by atomic mass is 9.76. The molecule has 0 amide bonds. The number of likely N-dealkylation sites (tertiary alicyclic amines) is 1. The quantitative estimate of drug-likeness (QED) is 0.920. The molecule has 2 nitrogen and oxygen atoms in total. The van der Waals surface area contributed by atoms with E-state index in [2.05, 4.69) is 29.2 Å². The van der Waals surface area contributed by atoms with Gasteiger partial charge in [-0.05, 0) is 49.8 Å². The van der Waals surface area contributed by atoms with Gasteiger partial charge in [0.15, 0.2) is 0 Å². The number of hydrogen-bond donors (Lipinski definition) is 1. The zero-order valence-electron chi connectivity index (χ0n) is 12.9. The highest BCUT2D eigenvalue weighted by atomic mass is 16.3. The van der Waals surface area contributed by atoms with Crippen LogP contribution in [0.5, 0.6) is 0 Å².